The number of anilines is 1. The standard InChI is InChI=1S/C20H17N3O6S3/c1-30(24,25)18-9-5-6-10-19(18)32(28,29)23-14-11-12-17-16(13-14)20(22-21-17)31(26,27)15-7-3-2-4-8-15/h2-13,23H,1H3,(H,21,22). The summed E-state index contributed by atoms with van der Waals surface area (Å²) in [6.45, 7) is 0. The summed E-state index contributed by atoms with van der Waals surface area (Å²) in [5.41, 5.74) is 0.366. The minimum atomic E-state index is -4.29. The number of sulfone groups is 2. The van der Waals surface area contributed by atoms with Crippen LogP contribution in [0.2, 0.25) is 0 Å². The fourth-order valence-electron chi connectivity index (χ4n) is 3.16. The lowest BCUT2D eigenvalue weighted by atomic mass is 10.2. The predicted molar refractivity (Wildman–Crippen MR) is 118 cm³/mol. The highest BCUT2D eigenvalue weighted by atomic mass is 32.2. The Kier molecular flexibility index (Phi) is 5.31. The monoisotopic (exact) mass is 491 g/mol. The van der Waals surface area contributed by atoms with Crippen molar-refractivity contribution in [1.29, 1.82) is 0 Å². The maximum atomic E-state index is 13.0. The molecule has 0 aliphatic carbocycles. The molecule has 0 saturated carbocycles. The van der Waals surface area contributed by atoms with Gasteiger partial charge < -0.3 is 0 Å². The van der Waals surface area contributed by atoms with Crippen molar-refractivity contribution in [3.05, 3.63) is 72.8 Å². The van der Waals surface area contributed by atoms with Crippen LogP contribution in [0.1, 0.15) is 0 Å². The minimum Gasteiger partial charge on any atom is -0.280 e. The molecule has 0 saturated heterocycles. The van der Waals surface area contributed by atoms with Crippen LogP contribution in [-0.4, -0.2) is 41.7 Å². The van der Waals surface area contributed by atoms with Gasteiger partial charge in [-0.3, -0.25) is 9.82 Å². The van der Waals surface area contributed by atoms with Crippen molar-refractivity contribution >= 4 is 46.3 Å². The van der Waals surface area contributed by atoms with E-state index in [0.717, 1.165) is 6.26 Å². The van der Waals surface area contributed by atoms with Crippen LogP contribution in [0.3, 0.4) is 0 Å². The van der Waals surface area contributed by atoms with Gasteiger partial charge in [0.25, 0.3) is 10.0 Å². The molecule has 0 fully saturated rings. The molecular weight excluding hydrogens is 474 g/mol. The first kappa shape index (κ1) is 22.0. The number of sulfonamides is 1. The van der Waals surface area contributed by atoms with E-state index in [-0.39, 0.29) is 25.9 Å². The predicted octanol–water partition coefficient (Wildman–Crippen LogP) is 2.60. The van der Waals surface area contributed by atoms with Gasteiger partial charge in [-0.15, -0.1) is 0 Å². The largest absolute Gasteiger partial charge is 0.280 e. The van der Waals surface area contributed by atoms with E-state index in [9.17, 15) is 25.3 Å². The van der Waals surface area contributed by atoms with E-state index in [2.05, 4.69) is 14.9 Å². The van der Waals surface area contributed by atoms with Crippen molar-refractivity contribution in [2.75, 3.05) is 11.0 Å². The third-order valence-electron chi connectivity index (χ3n) is 4.63. The van der Waals surface area contributed by atoms with Crippen molar-refractivity contribution in [2.24, 2.45) is 0 Å². The average Bonchev–Trinajstić information content (AvgIpc) is 3.17. The summed E-state index contributed by atoms with van der Waals surface area (Å²) < 4.78 is 78.2. The average molecular weight is 492 g/mol. The van der Waals surface area contributed by atoms with E-state index in [1.807, 2.05) is 0 Å². The summed E-state index contributed by atoms with van der Waals surface area (Å²) >= 11 is 0. The Hall–Kier alpha value is -3.22. The van der Waals surface area contributed by atoms with Crippen LogP contribution in [0, 0.1) is 0 Å². The molecule has 32 heavy (non-hydrogen) atoms. The van der Waals surface area contributed by atoms with E-state index in [4.69, 9.17) is 0 Å². The van der Waals surface area contributed by atoms with Crippen LogP contribution >= 0.6 is 0 Å². The van der Waals surface area contributed by atoms with Crippen molar-refractivity contribution < 1.29 is 25.3 Å². The topological polar surface area (TPSA) is 143 Å². The summed E-state index contributed by atoms with van der Waals surface area (Å²) in [5.74, 6) is 0. The number of rotatable bonds is 6. The number of fused-ring (bicyclic) bond motifs is 1. The maximum Gasteiger partial charge on any atom is 0.263 e. The van der Waals surface area contributed by atoms with Crippen molar-refractivity contribution in [3.8, 4) is 0 Å². The van der Waals surface area contributed by atoms with E-state index in [0.29, 0.717) is 5.52 Å². The lowest BCUT2D eigenvalue weighted by Crippen LogP contribution is -2.16. The second-order valence-corrected chi connectivity index (χ2v) is 12.4. The molecule has 0 aliphatic rings. The SMILES string of the molecule is CS(=O)(=O)c1ccccc1S(=O)(=O)Nc1ccc2n[nH]c(S(=O)(=O)c3ccccc3)c2c1. The third kappa shape index (κ3) is 3.99. The number of aromatic nitrogens is 2. The number of benzene rings is 3. The first-order valence-corrected chi connectivity index (χ1v) is 14.0. The molecule has 9 nitrogen and oxygen atoms in total. The Morgan fingerprint density at radius 1 is 0.781 bits per heavy atom. The van der Waals surface area contributed by atoms with Gasteiger partial charge in [-0.25, -0.2) is 25.3 Å². The normalized spacial score (nSPS) is 12.7. The Balaban J connectivity index is 1.79. The zero-order valence-electron chi connectivity index (χ0n) is 16.5. The van der Waals surface area contributed by atoms with Gasteiger partial charge in [0.15, 0.2) is 14.9 Å². The molecule has 0 spiro atoms. The number of nitrogens with zero attached hydrogens (tertiary/aromatic N) is 1. The molecule has 166 valence electrons. The lowest BCUT2D eigenvalue weighted by Gasteiger charge is -2.11. The molecule has 12 heteroatoms. The van der Waals surface area contributed by atoms with Gasteiger partial charge in [-0.2, -0.15) is 5.10 Å². The Morgan fingerprint density at radius 3 is 2.06 bits per heavy atom. The fourth-order valence-corrected chi connectivity index (χ4v) is 7.21. The molecule has 1 aromatic heterocycles. The van der Waals surface area contributed by atoms with Gasteiger partial charge in [0.2, 0.25) is 9.84 Å². The quantitative estimate of drug-likeness (QED) is 0.422. The van der Waals surface area contributed by atoms with Gasteiger partial charge in [0, 0.05) is 17.3 Å². The van der Waals surface area contributed by atoms with Gasteiger partial charge >= 0.3 is 0 Å². The lowest BCUT2D eigenvalue weighted by molar-refractivity contribution is 0.588. The third-order valence-corrected chi connectivity index (χ3v) is 9.10. The molecule has 0 aliphatic heterocycles. The highest BCUT2D eigenvalue weighted by Gasteiger charge is 2.26. The molecule has 0 radical (unpaired) electrons. The number of hydrogen-bond acceptors (Lipinski definition) is 7. The van der Waals surface area contributed by atoms with Crippen LogP contribution in [0.25, 0.3) is 10.9 Å². The molecule has 4 rings (SSSR count). The van der Waals surface area contributed by atoms with Crippen LogP contribution < -0.4 is 4.72 Å². The second kappa shape index (κ2) is 7.73. The van der Waals surface area contributed by atoms with Crippen molar-refractivity contribution in [2.45, 2.75) is 19.7 Å². The van der Waals surface area contributed by atoms with E-state index < -0.39 is 34.6 Å². The number of H-pyrrole nitrogens is 1. The smallest absolute Gasteiger partial charge is 0.263 e. The molecular formula is C20H17N3O6S3. The molecule has 0 atom stereocenters. The van der Waals surface area contributed by atoms with Crippen LogP contribution in [0.15, 0.2) is 92.5 Å². The maximum absolute atomic E-state index is 13.0. The van der Waals surface area contributed by atoms with E-state index in [1.54, 1.807) is 18.2 Å². The minimum absolute atomic E-state index is 0.0479. The number of aromatic amines is 1. The van der Waals surface area contributed by atoms with Gasteiger partial charge in [-0.05, 0) is 42.5 Å². The van der Waals surface area contributed by atoms with E-state index in [1.165, 1.54) is 54.6 Å². The molecule has 3 aromatic carbocycles. The van der Waals surface area contributed by atoms with Crippen LogP contribution in [0.5, 0.6) is 0 Å². The summed E-state index contributed by atoms with van der Waals surface area (Å²) in [6, 6.07) is 17.1. The van der Waals surface area contributed by atoms with Gasteiger partial charge in [-0.1, -0.05) is 30.3 Å². The Bertz CT molecular complexity index is 1640. The summed E-state index contributed by atoms with van der Waals surface area (Å²) in [4.78, 5) is -0.699. The first-order chi connectivity index (χ1) is 15.0. The van der Waals surface area contributed by atoms with Crippen molar-refractivity contribution in [1.82, 2.24) is 10.2 Å². The van der Waals surface area contributed by atoms with Crippen LogP contribution in [-0.2, 0) is 29.7 Å². The first-order valence-electron chi connectivity index (χ1n) is 9.10. The van der Waals surface area contributed by atoms with Crippen LogP contribution in [0.4, 0.5) is 5.69 Å². The summed E-state index contributed by atoms with van der Waals surface area (Å²) in [7, 11) is -12.0. The van der Waals surface area contributed by atoms with Crippen molar-refractivity contribution in [3.63, 3.8) is 0 Å². The molecule has 4 aromatic rings. The number of nitrogens with one attached hydrogen (secondary N) is 2. The molecule has 1 heterocycles. The molecule has 2 N–H and O–H groups in total. The molecule has 0 unspecified atom stereocenters. The Morgan fingerprint density at radius 2 is 1.41 bits per heavy atom. The highest BCUT2D eigenvalue weighted by molar-refractivity contribution is 7.95. The molecule has 0 amide bonds. The Labute approximate surface area is 185 Å². The second-order valence-electron chi connectivity index (χ2n) is 6.93. The molecule has 0 bridgehead atoms. The number of hydrogen-bond donors (Lipinski definition) is 2. The van der Waals surface area contributed by atoms with Gasteiger partial charge in [0.1, 0.15) is 4.90 Å². The zero-order valence-corrected chi connectivity index (χ0v) is 19.0. The van der Waals surface area contributed by atoms with E-state index >= 15 is 0 Å². The summed E-state index contributed by atoms with van der Waals surface area (Å²) in [5, 5.41) is 6.50. The fraction of sp³-hybridized carbons (Fsp3) is 0.0500. The zero-order chi connectivity index (χ0) is 23.1. The highest BCUT2D eigenvalue weighted by Crippen LogP contribution is 2.30. The van der Waals surface area contributed by atoms with Gasteiger partial charge in [0.05, 0.1) is 15.3 Å². The summed E-state index contributed by atoms with van der Waals surface area (Å²) in [6.07, 6.45) is 0.916.